The van der Waals surface area contributed by atoms with Crippen molar-refractivity contribution in [2.24, 2.45) is 0 Å². The molecule has 114 valence electrons. The number of nitrogens with one attached hydrogen (secondary N) is 1. The molecule has 7 heteroatoms. The second-order valence-corrected chi connectivity index (χ2v) is 5.12. The Bertz CT molecular complexity index is 692. The summed E-state index contributed by atoms with van der Waals surface area (Å²) in [6, 6.07) is 5.77. The number of fused-ring (bicyclic) bond motifs is 1. The van der Waals surface area contributed by atoms with Crippen LogP contribution in [-0.2, 0) is 0 Å². The molecule has 0 spiro atoms. The molecular weight excluding hydrogens is 284 g/mol. The van der Waals surface area contributed by atoms with E-state index in [0.29, 0.717) is 11.8 Å². The van der Waals surface area contributed by atoms with Crippen molar-refractivity contribution in [2.75, 3.05) is 37.9 Å². The lowest BCUT2D eigenvalue weighted by Crippen LogP contribution is -2.44. The molecule has 0 saturated carbocycles. The van der Waals surface area contributed by atoms with Crippen LogP contribution in [0.4, 0.5) is 5.95 Å². The first-order valence-corrected chi connectivity index (χ1v) is 7.26. The van der Waals surface area contributed by atoms with E-state index in [-0.39, 0.29) is 6.79 Å². The molecule has 4 rings (SSSR count). The van der Waals surface area contributed by atoms with E-state index in [1.807, 2.05) is 24.3 Å². The van der Waals surface area contributed by atoms with Crippen LogP contribution in [0.3, 0.4) is 0 Å². The third-order valence-electron chi connectivity index (χ3n) is 3.65. The van der Waals surface area contributed by atoms with Gasteiger partial charge in [-0.2, -0.15) is 4.98 Å². The summed E-state index contributed by atoms with van der Waals surface area (Å²) in [6.07, 6.45) is 3.72. The number of nitrogens with zero attached hydrogens (tertiary/aromatic N) is 3. The summed E-state index contributed by atoms with van der Waals surface area (Å²) >= 11 is 0. The van der Waals surface area contributed by atoms with Gasteiger partial charge in [0.05, 0.1) is 0 Å². The second-order valence-electron chi connectivity index (χ2n) is 5.12. The number of benzene rings is 1. The molecule has 0 aliphatic carbocycles. The first-order chi connectivity index (χ1) is 10.9. The van der Waals surface area contributed by atoms with Crippen LogP contribution in [0.15, 0.2) is 22.7 Å². The number of rotatable bonds is 3. The van der Waals surface area contributed by atoms with Crippen molar-refractivity contribution in [3.8, 4) is 11.5 Å². The smallest absolute Gasteiger partial charge is 0.266 e. The Morgan fingerprint density at radius 2 is 1.95 bits per heavy atom. The minimum absolute atomic E-state index is 0.278. The van der Waals surface area contributed by atoms with E-state index >= 15 is 0 Å². The molecule has 1 N–H and O–H groups in total. The van der Waals surface area contributed by atoms with Crippen molar-refractivity contribution >= 4 is 18.1 Å². The molecule has 7 nitrogen and oxygen atoms in total. The molecule has 0 atom stereocenters. The Hall–Kier alpha value is -2.54. The van der Waals surface area contributed by atoms with Gasteiger partial charge in [0.2, 0.25) is 6.79 Å². The largest absolute Gasteiger partial charge is 0.454 e. The molecule has 1 aromatic carbocycles. The lowest BCUT2D eigenvalue weighted by atomic mass is 10.2. The van der Waals surface area contributed by atoms with Gasteiger partial charge in [-0.3, -0.25) is 0 Å². The molecule has 3 heterocycles. The van der Waals surface area contributed by atoms with Gasteiger partial charge in [0.1, 0.15) is 0 Å². The Balaban J connectivity index is 1.47. The van der Waals surface area contributed by atoms with Crippen LogP contribution in [0.1, 0.15) is 11.5 Å². The predicted molar refractivity (Wildman–Crippen MR) is 80.9 cm³/mol. The van der Waals surface area contributed by atoms with Gasteiger partial charge in [-0.05, 0) is 28.9 Å². The second kappa shape index (κ2) is 5.69. The molecule has 2 aromatic rings. The van der Waals surface area contributed by atoms with Crippen LogP contribution in [0.25, 0.3) is 12.2 Å². The van der Waals surface area contributed by atoms with E-state index in [1.165, 1.54) is 0 Å². The summed E-state index contributed by atoms with van der Waals surface area (Å²) in [7, 11) is 0. The molecule has 2 aliphatic heterocycles. The molecule has 1 fully saturated rings. The molecule has 1 saturated heterocycles. The van der Waals surface area contributed by atoms with Gasteiger partial charge in [-0.1, -0.05) is 6.07 Å². The summed E-state index contributed by atoms with van der Waals surface area (Å²) < 4.78 is 15.9. The van der Waals surface area contributed by atoms with E-state index in [4.69, 9.17) is 14.0 Å². The van der Waals surface area contributed by atoms with Gasteiger partial charge in [-0.25, -0.2) is 0 Å². The molecular formula is C15H16N4O3. The lowest BCUT2D eigenvalue weighted by Gasteiger charge is -2.25. The zero-order chi connectivity index (χ0) is 14.8. The van der Waals surface area contributed by atoms with E-state index in [1.54, 1.807) is 6.08 Å². The molecule has 0 unspecified atom stereocenters. The van der Waals surface area contributed by atoms with E-state index in [2.05, 4.69) is 20.4 Å². The Labute approximate surface area is 127 Å². The van der Waals surface area contributed by atoms with Crippen LogP contribution in [0, 0.1) is 0 Å². The lowest BCUT2D eigenvalue weighted by molar-refractivity contribution is 0.174. The van der Waals surface area contributed by atoms with Gasteiger partial charge >= 0.3 is 0 Å². The summed E-state index contributed by atoms with van der Waals surface area (Å²) in [5.41, 5.74) is 0.992. The number of hydrogen-bond donors (Lipinski definition) is 1. The maximum atomic E-state index is 5.35. The maximum absolute atomic E-state index is 5.35. The number of aromatic nitrogens is 2. The van der Waals surface area contributed by atoms with E-state index in [0.717, 1.165) is 43.2 Å². The van der Waals surface area contributed by atoms with Crippen molar-refractivity contribution in [3.05, 3.63) is 29.7 Å². The average molecular weight is 300 g/mol. The summed E-state index contributed by atoms with van der Waals surface area (Å²) in [5.74, 6) is 2.67. The van der Waals surface area contributed by atoms with Crippen molar-refractivity contribution in [3.63, 3.8) is 0 Å². The van der Waals surface area contributed by atoms with Gasteiger partial charge in [-0.15, -0.1) is 0 Å². The molecule has 22 heavy (non-hydrogen) atoms. The average Bonchev–Trinajstić information content (AvgIpc) is 3.22. The molecule has 1 aromatic heterocycles. The molecule has 0 bridgehead atoms. The Morgan fingerprint density at radius 1 is 1.09 bits per heavy atom. The first-order valence-electron chi connectivity index (χ1n) is 7.26. The minimum atomic E-state index is 0.278. The monoisotopic (exact) mass is 300 g/mol. The summed E-state index contributed by atoms with van der Waals surface area (Å²) in [4.78, 5) is 6.51. The minimum Gasteiger partial charge on any atom is -0.454 e. The number of ether oxygens (including phenoxy) is 2. The van der Waals surface area contributed by atoms with Crippen molar-refractivity contribution in [1.82, 2.24) is 15.5 Å². The van der Waals surface area contributed by atoms with Crippen LogP contribution in [0.5, 0.6) is 11.5 Å². The van der Waals surface area contributed by atoms with Gasteiger partial charge in [0.25, 0.3) is 11.8 Å². The third-order valence-corrected chi connectivity index (χ3v) is 3.65. The fourth-order valence-electron chi connectivity index (χ4n) is 2.47. The normalized spacial score (nSPS) is 17.4. The zero-order valence-electron chi connectivity index (χ0n) is 12.0. The number of anilines is 1. The highest BCUT2D eigenvalue weighted by molar-refractivity contribution is 5.68. The standard InChI is InChI=1S/C15H16N4O3/c1-3-12-13(21-10-20-12)9-11(1)2-4-14-17-15(18-22-14)19-7-5-16-6-8-19/h1-4,9,16H,5-8,10H2/b4-2+. The van der Waals surface area contributed by atoms with Crippen LogP contribution in [0.2, 0.25) is 0 Å². The van der Waals surface area contributed by atoms with Crippen molar-refractivity contribution < 1.29 is 14.0 Å². The van der Waals surface area contributed by atoms with Crippen LogP contribution < -0.4 is 19.7 Å². The third kappa shape index (κ3) is 2.62. The molecule has 0 amide bonds. The summed E-state index contributed by atoms with van der Waals surface area (Å²) in [5, 5.41) is 7.32. The van der Waals surface area contributed by atoms with Crippen molar-refractivity contribution in [1.29, 1.82) is 0 Å². The predicted octanol–water partition coefficient (Wildman–Crippen LogP) is 1.38. The van der Waals surface area contributed by atoms with Crippen molar-refractivity contribution in [2.45, 2.75) is 0 Å². The number of piperazine rings is 1. The Kier molecular flexibility index (Phi) is 3.40. The quantitative estimate of drug-likeness (QED) is 0.918. The fraction of sp³-hybridized carbons (Fsp3) is 0.333. The van der Waals surface area contributed by atoms with Gasteiger partial charge < -0.3 is 24.2 Å². The van der Waals surface area contributed by atoms with E-state index < -0.39 is 0 Å². The molecule has 2 aliphatic rings. The van der Waals surface area contributed by atoms with Gasteiger partial charge in [0.15, 0.2) is 11.5 Å². The van der Waals surface area contributed by atoms with Gasteiger partial charge in [0, 0.05) is 32.3 Å². The fourth-order valence-corrected chi connectivity index (χ4v) is 2.47. The van der Waals surface area contributed by atoms with Crippen LogP contribution in [-0.4, -0.2) is 43.1 Å². The highest BCUT2D eigenvalue weighted by atomic mass is 16.7. The first kappa shape index (κ1) is 13.1. The number of hydrogen-bond acceptors (Lipinski definition) is 7. The van der Waals surface area contributed by atoms with E-state index in [9.17, 15) is 0 Å². The van der Waals surface area contributed by atoms with Crippen LogP contribution >= 0.6 is 0 Å². The highest BCUT2D eigenvalue weighted by Gasteiger charge is 2.16. The highest BCUT2D eigenvalue weighted by Crippen LogP contribution is 2.32. The SMILES string of the molecule is C(=C\c1nc(N2CCNCC2)no1)/c1ccc2c(c1)OCO2. The topological polar surface area (TPSA) is 72.7 Å². The molecule has 0 radical (unpaired) electrons. The Morgan fingerprint density at radius 3 is 2.86 bits per heavy atom. The maximum Gasteiger partial charge on any atom is 0.266 e. The zero-order valence-corrected chi connectivity index (χ0v) is 12.0. The summed E-state index contributed by atoms with van der Waals surface area (Å²) in [6.45, 7) is 3.95.